The number of rotatable bonds is 7. The average Bonchev–Trinajstić information content (AvgIpc) is 2.75. The van der Waals surface area contributed by atoms with E-state index in [2.05, 4.69) is 27.8 Å². The molecule has 1 saturated heterocycles. The third-order valence-electron chi connectivity index (χ3n) is 4.62. The van der Waals surface area contributed by atoms with Gasteiger partial charge in [-0.3, -0.25) is 14.9 Å². The fourth-order valence-electron chi connectivity index (χ4n) is 3.18. The van der Waals surface area contributed by atoms with Crippen LogP contribution in [0.4, 0.5) is 10.5 Å². The first-order valence-electron chi connectivity index (χ1n) is 9.51. The number of carbonyl (C=O) groups is 3. The molecule has 3 rings (SSSR count). The SMILES string of the molecule is C=CCOc1c(Br)cc(/C=C2/C(=O)NC(=O)N(c3ccccc3CC)C2=O)cc1OC. The zero-order chi connectivity index (χ0) is 22.5. The van der Waals surface area contributed by atoms with Crippen LogP contribution in [0.2, 0.25) is 0 Å². The van der Waals surface area contributed by atoms with Gasteiger partial charge in [-0.1, -0.05) is 37.8 Å². The van der Waals surface area contributed by atoms with Gasteiger partial charge >= 0.3 is 6.03 Å². The summed E-state index contributed by atoms with van der Waals surface area (Å²) < 4.78 is 11.6. The Bertz CT molecular complexity index is 1090. The van der Waals surface area contributed by atoms with E-state index in [1.807, 2.05) is 19.1 Å². The maximum absolute atomic E-state index is 13.2. The van der Waals surface area contributed by atoms with Crippen molar-refractivity contribution in [3.05, 3.63) is 70.2 Å². The number of ether oxygens (including phenoxy) is 2. The minimum Gasteiger partial charge on any atom is -0.493 e. The van der Waals surface area contributed by atoms with Gasteiger partial charge in [0.1, 0.15) is 12.2 Å². The summed E-state index contributed by atoms with van der Waals surface area (Å²) in [6, 6.07) is 9.62. The van der Waals surface area contributed by atoms with Gasteiger partial charge in [0.05, 0.1) is 17.3 Å². The number of nitrogens with zero attached hydrogens (tertiary/aromatic N) is 1. The number of urea groups is 1. The van der Waals surface area contributed by atoms with E-state index in [0.717, 1.165) is 10.5 Å². The number of halogens is 1. The van der Waals surface area contributed by atoms with Gasteiger partial charge in [-0.15, -0.1) is 0 Å². The van der Waals surface area contributed by atoms with Gasteiger partial charge in [0.2, 0.25) is 0 Å². The second-order valence-electron chi connectivity index (χ2n) is 6.57. The van der Waals surface area contributed by atoms with E-state index < -0.39 is 17.8 Å². The van der Waals surface area contributed by atoms with E-state index in [-0.39, 0.29) is 12.2 Å². The van der Waals surface area contributed by atoms with Crippen LogP contribution in [0.25, 0.3) is 6.08 Å². The van der Waals surface area contributed by atoms with Gasteiger partial charge in [0.15, 0.2) is 11.5 Å². The highest BCUT2D eigenvalue weighted by atomic mass is 79.9. The lowest BCUT2D eigenvalue weighted by atomic mass is 10.0. The van der Waals surface area contributed by atoms with Crippen molar-refractivity contribution in [3.8, 4) is 11.5 Å². The van der Waals surface area contributed by atoms with Crippen LogP contribution < -0.4 is 19.7 Å². The van der Waals surface area contributed by atoms with Crippen molar-refractivity contribution in [1.29, 1.82) is 0 Å². The molecule has 0 aliphatic carbocycles. The molecule has 0 bridgehead atoms. The van der Waals surface area contributed by atoms with Crippen molar-refractivity contribution in [1.82, 2.24) is 5.32 Å². The Morgan fingerprint density at radius 3 is 2.61 bits per heavy atom. The molecule has 1 heterocycles. The summed E-state index contributed by atoms with van der Waals surface area (Å²) in [7, 11) is 1.49. The number of benzene rings is 2. The minimum absolute atomic E-state index is 0.167. The smallest absolute Gasteiger partial charge is 0.335 e. The largest absolute Gasteiger partial charge is 0.493 e. The summed E-state index contributed by atoms with van der Waals surface area (Å²) in [6.45, 7) is 5.82. The fourth-order valence-corrected chi connectivity index (χ4v) is 3.75. The molecule has 0 aromatic heterocycles. The Kier molecular flexibility index (Phi) is 6.91. The molecule has 8 heteroatoms. The van der Waals surface area contributed by atoms with Crippen molar-refractivity contribution >= 4 is 45.5 Å². The Labute approximate surface area is 188 Å². The summed E-state index contributed by atoms with van der Waals surface area (Å²) in [5.74, 6) is -0.576. The summed E-state index contributed by atoms with van der Waals surface area (Å²) >= 11 is 3.42. The lowest BCUT2D eigenvalue weighted by Crippen LogP contribution is -2.54. The third kappa shape index (κ3) is 4.54. The second-order valence-corrected chi connectivity index (χ2v) is 7.43. The van der Waals surface area contributed by atoms with Crippen LogP contribution in [-0.2, 0) is 16.0 Å². The van der Waals surface area contributed by atoms with Gasteiger partial charge in [0.25, 0.3) is 11.8 Å². The topological polar surface area (TPSA) is 84.9 Å². The standard InChI is InChI=1S/C23H21BrN2O5/c1-4-10-31-20-17(24)12-14(13-19(20)30-3)11-16-21(27)25-23(29)26(22(16)28)18-9-7-6-8-15(18)5-2/h4,6-9,11-13H,1,5,10H2,2-3H3,(H,25,27,29)/b16-11-. The molecule has 2 aromatic carbocycles. The lowest BCUT2D eigenvalue weighted by molar-refractivity contribution is -0.122. The summed E-state index contributed by atoms with van der Waals surface area (Å²) in [5, 5.41) is 2.24. The van der Waals surface area contributed by atoms with Gasteiger partial charge < -0.3 is 9.47 Å². The number of methoxy groups -OCH3 is 1. The minimum atomic E-state index is -0.778. The number of nitrogens with one attached hydrogen (secondary N) is 1. The highest BCUT2D eigenvalue weighted by molar-refractivity contribution is 9.10. The first-order valence-corrected chi connectivity index (χ1v) is 10.3. The van der Waals surface area contributed by atoms with Gasteiger partial charge in [0, 0.05) is 0 Å². The summed E-state index contributed by atoms with van der Waals surface area (Å²) in [6.07, 6.45) is 3.64. The van der Waals surface area contributed by atoms with Crippen LogP contribution >= 0.6 is 15.9 Å². The van der Waals surface area contributed by atoms with Crippen molar-refractivity contribution in [2.24, 2.45) is 0 Å². The number of amides is 4. The van der Waals surface area contributed by atoms with Crippen molar-refractivity contribution in [2.45, 2.75) is 13.3 Å². The van der Waals surface area contributed by atoms with Crippen molar-refractivity contribution in [3.63, 3.8) is 0 Å². The molecule has 31 heavy (non-hydrogen) atoms. The van der Waals surface area contributed by atoms with E-state index >= 15 is 0 Å². The number of carbonyl (C=O) groups excluding carboxylic acids is 3. The maximum Gasteiger partial charge on any atom is 0.335 e. The van der Waals surface area contributed by atoms with Crippen LogP contribution in [0.1, 0.15) is 18.1 Å². The molecule has 1 N–H and O–H groups in total. The predicted molar refractivity (Wildman–Crippen MR) is 121 cm³/mol. The zero-order valence-electron chi connectivity index (χ0n) is 17.1. The molecule has 4 amide bonds. The number of para-hydroxylation sites is 1. The van der Waals surface area contributed by atoms with Crippen molar-refractivity contribution in [2.75, 3.05) is 18.6 Å². The maximum atomic E-state index is 13.2. The molecule has 1 aliphatic rings. The van der Waals surface area contributed by atoms with Gasteiger partial charge in [-0.25, -0.2) is 9.69 Å². The molecule has 2 aromatic rings. The quantitative estimate of drug-likeness (QED) is 0.360. The first-order chi connectivity index (χ1) is 14.9. The normalized spacial score (nSPS) is 15.1. The number of barbiturate groups is 1. The van der Waals surface area contributed by atoms with Gasteiger partial charge in [-0.2, -0.15) is 0 Å². The summed E-state index contributed by atoms with van der Waals surface area (Å²) in [4.78, 5) is 39.1. The molecule has 7 nitrogen and oxygen atoms in total. The Morgan fingerprint density at radius 1 is 1.19 bits per heavy atom. The van der Waals surface area contributed by atoms with Gasteiger partial charge in [-0.05, 0) is 57.8 Å². The molecule has 0 unspecified atom stereocenters. The average molecular weight is 485 g/mol. The lowest BCUT2D eigenvalue weighted by Gasteiger charge is -2.28. The Hall–Kier alpha value is -3.39. The molecular formula is C23H21BrN2O5. The molecule has 1 aliphatic heterocycles. The first kappa shape index (κ1) is 22.3. The molecular weight excluding hydrogens is 464 g/mol. The number of anilines is 1. The number of imide groups is 2. The number of hydrogen-bond acceptors (Lipinski definition) is 5. The van der Waals surface area contributed by atoms with E-state index in [9.17, 15) is 14.4 Å². The number of aryl methyl sites for hydroxylation is 1. The van der Waals surface area contributed by atoms with E-state index in [1.165, 1.54) is 13.2 Å². The molecule has 160 valence electrons. The number of hydrogen-bond donors (Lipinski definition) is 1. The Balaban J connectivity index is 2.04. The third-order valence-corrected chi connectivity index (χ3v) is 5.21. The highest BCUT2D eigenvalue weighted by Crippen LogP contribution is 2.37. The predicted octanol–water partition coefficient (Wildman–Crippen LogP) is 4.25. The molecule has 0 atom stereocenters. The highest BCUT2D eigenvalue weighted by Gasteiger charge is 2.37. The van der Waals surface area contributed by atoms with Crippen molar-refractivity contribution < 1.29 is 23.9 Å². The summed E-state index contributed by atoms with van der Waals surface area (Å²) in [5.41, 5.74) is 1.61. The zero-order valence-corrected chi connectivity index (χ0v) is 18.7. The van der Waals surface area contributed by atoms with Crippen LogP contribution in [0.15, 0.2) is 59.1 Å². The van der Waals surface area contributed by atoms with E-state index in [4.69, 9.17) is 9.47 Å². The molecule has 0 spiro atoms. The fraction of sp³-hybridized carbons (Fsp3) is 0.174. The molecule has 1 fully saturated rings. The Morgan fingerprint density at radius 2 is 1.94 bits per heavy atom. The van der Waals surface area contributed by atoms with Crippen LogP contribution in [-0.4, -0.2) is 31.6 Å². The van der Waals surface area contributed by atoms with Crippen LogP contribution in [0.5, 0.6) is 11.5 Å². The van der Waals surface area contributed by atoms with E-state index in [1.54, 1.807) is 30.3 Å². The second kappa shape index (κ2) is 9.61. The van der Waals surface area contributed by atoms with Crippen LogP contribution in [0.3, 0.4) is 0 Å². The molecule has 0 saturated carbocycles. The molecule has 0 radical (unpaired) electrons. The van der Waals surface area contributed by atoms with Crippen LogP contribution in [0, 0.1) is 0 Å². The monoisotopic (exact) mass is 484 g/mol. The van der Waals surface area contributed by atoms with E-state index in [0.29, 0.717) is 33.6 Å².